The quantitative estimate of drug-likeness (QED) is 0.874. The summed E-state index contributed by atoms with van der Waals surface area (Å²) in [5.74, 6) is 0.336. The number of thiazole rings is 1. The molecule has 1 aliphatic heterocycles. The summed E-state index contributed by atoms with van der Waals surface area (Å²) in [5, 5.41) is 5.94. The van der Waals surface area contributed by atoms with Gasteiger partial charge in [-0.05, 0) is 14.1 Å². The Hall–Kier alpha value is -1.96. The van der Waals surface area contributed by atoms with Crippen LogP contribution in [0.3, 0.4) is 0 Å². The highest BCUT2D eigenvalue weighted by molar-refractivity contribution is 7.09. The van der Waals surface area contributed by atoms with Crippen LogP contribution < -0.4 is 5.32 Å². The zero-order valence-corrected chi connectivity index (χ0v) is 16.2. The normalized spacial score (nSPS) is 18.0. The summed E-state index contributed by atoms with van der Waals surface area (Å²) in [5.41, 5.74) is 2.05. The number of nitrogens with one attached hydrogen (secondary N) is 1. The lowest BCUT2D eigenvalue weighted by Crippen LogP contribution is -2.44. The fourth-order valence-corrected chi connectivity index (χ4v) is 3.83. The molecule has 0 bridgehead atoms. The van der Waals surface area contributed by atoms with Crippen molar-refractivity contribution in [1.82, 2.24) is 20.1 Å². The van der Waals surface area contributed by atoms with Crippen molar-refractivity contribution in [1.29, 1.82) is 0 Å². The first kappa shape index (κ1) is 18.8. The second-order valence-corrected chi connectivity index (χ2v) is 7.74. The second kappa shape index (κ2) is 9.12. The molecule has 1 aromatic carbocycles. The number of ether oxygens (including phenoxy) is 1. The third kappa shape index (κ3) is 5.27. The van der Waals surface area contributed by atoms with Crippen molar-refractivity contribution >= 4 is 17.4 Å². The minimum Gasteiger partial charge on any atom is -0.379 e. The van der Waals surface area contributed by atoms with Crippen LogP contribution in [0.5, 0.6) is 0 Å². The Morgan fingerprint density at radius 3 is 2.96 bits per heavy atom. The zero-order valence-electron chi connectivity index (χ0n) is 15.4. The number of nitrogens with zero attached hydrogens (tertiary/aromatic N) is 3. The van der Waals surface area contributed by atoms with E-state index in [2.05, 4.69) is 15.2 Å². The van der Waals surface area contributed by atoms with E-state index in [1.54, 1.807) is 11.3 Å². The molecule has 1 aliphatic rings. The molecule has 0 spiro atoms. The van der Waals surface area contributed by atoms with E-state index in [9.17, 15) is 4.79 Å². The summed E-state index contributed by atoms with van der Waals surface area (Å²) in [6.45, 7) is 4.00. The first-order valence-corrected chi connectivity index (χ1v) is 9.75. The van der Waals surface area contributed by atoms with Gasteiger partial charge >= 0.3 is 6.03 Å². The highest BCUT2D eigenvalue weighted by Gasteiger charge is 2.23. The van der Waals surface area contributed by atoms with Crippen LogP contribution in [0.2, 0.25) is 0 Å². The van der Waals surface area contributed by atoms with Crippen molar-refractivity contribution in [3.05, 3.63) is 40.7 Å². The standard InChI is InChI=1S/C19H26N4O2S/c1-22(2)11-15-12-23(8-9-25-13-15)19(24)20-10-18-21-17(14-26-18)16-6-4-3-5-7-16/h3-7,14-15H,8-13H2,1-2H3,(H,20,24)/t15-/m0/s1. The second-order valence-electron chi connectivity index (χ2n) is 6.80. The Balaban J connectivity index is 1.54. The number of aromatic nitrogens is 1. The summed E-state index contributed by atoms with van der Waals surface area (Å²) in [4.78, 5) is 21.2. The Kier molecular flexibility index (Phi) is 6.60. The van der Waals surface area contributed by atoms with Crippen molar-refractivity contribution in [3.8, 4) is 11.3 Å². The molecule has 6 nitrogen and oxygen atoms in total. The number of carbonyl (C=O) groups is 1. The lowest BCUT2D eigenvalue weighted by molar-refractivity contribution is 0.112. The van der Waals surface area contributed by atoms with Gasteiger partial charge in [-0.2, -0.15) is 0 Å². The summed E-state index contributed by atoms with van der Waals surface area (Å²) in [6.07, 6.45) is 0. The molecule has 1 saturated heterocycles. The average Bonchev–Trinajstić information content (AvgIpc) is 2.99. The van der Waals surface area contributed by atoms with Crippen LogP contribution in [-0.4, -0.2) is 67.8 Å². The van der Waals surface area contributed by atoms with Gasteiger partial charge in [-0.1, -0.05) is 30.3 Å². The van der Waals surface area contributed by atoms with Crippen LogP contribution in [-0.2, 0) is 11.3 Å². The molecular weight excluding hydrogens is 348 g/mol. The number of rotatable bonds is 5. The molecule has 0 saturated carbocycles. The SMILES string of the molecule is CN(C)C[C@@H]1COCCN(C(=O)NCc2nc(-c3ccccc3)cs2)C1. The van der Waals surface area contributed by atoms with Crippen LogP contribution in [0.4, 0.5) is 4.79 Å². The van der Waals surface area contributed by atoms with Gasteiger partial charge in [0.15, 0.2) is 0 Å². The van der Waals surface area contributed by atoms with Crippen molar-refractivity contribution in [2.45, 2.75) is 6.54 Å². The van der Waals surface area contributed by atoms with Crippen LogP contribution >= 0.6 is 11.3 Å². The van der Waals surface area contributed by atoms with Crippen LogP contribution in [0, 0.1) is 5.92 Å². The fraction of sp³-hybridized carbons (Fsp3) is 0.474. The molecule has 0 unspecified atom stereocenters. The highest BCUT2D eigenvalue weighted by Crippen LogP contribution is 2.21. The van der Waals surface area contributed by atoms with Gasteiger partial charge in [0, 0.05) is 36.5 Å². The van der Waals surface area contributed by atoms with E-state index in [1.165, 1.54) is 0 Å². The number of carbonyl (C=O) groups excluding carboxylic acids is 1. The molecule has 0 radical (unpaired) electrons. The molecule has 7 heteroatoms. The third-order valence-electron chi connectivity index (χ3n) is 4.26. The number of amides is 2. The topological polar surface area (TPSA) is 57.7 Å². The number of urea groups is 1. The molecule has 0 aliphatic carbocycles. The maximum Gasteiger partial charge on any atom is 0.317 e. The average molecular weight is 375 g/mol. The molecule has 1 aromatic heterocycles. The number of hydrogen-bond donors (Lipinski definition) is 1. The van der Waals surface area contributed by atoms with E-state index in [0.29, 0.717) is 32.2 Å². The summed E-state index contributed by atoms with van der Waals surface area (Å²) in [6, 6.07) is 10.0. The third-order valence-corrected chi connectivity index (χ3v) is 5.11. The minimum atomic E-state index is -0.0456. The van der Waals surface area contributed by atoms with Crippen molar-refractivity contribution in [3.63, 3.8) is 0 Å². The van der Waals surface area contributed by atoms with Gasteiger partial charge in [0.05, 0.1) is 25.5 Å². The predicted molar refractivity (Wildman–Crippen MR) is 104 cm³/mol. The van der Waals surface area contributed by atoms with E-state index in [0.717, 1.165) is 29.4 Å². The molecule has 2 amide bonds. The van der Waals surface area contributed by atoms with Gasteiger partial charge in [0.2, 0.25) is 0 Å². The lowest BCUT2D eigenvalue weighted by Gasteiger charge is -2.25. The first-order valence-electron chi connectivity index (χ1n) is 8.87. The van der Waals surface area contributed by atoms with Gasteiger partial charge in [-0.25, -0.2) is 9.78 Å². The molecule has 1 N–H and O–H groups in total. The number of hydrogen-bond acceptors (Lipinski definition) is 5. The van der Waals surface area contributed by atoms with Gasteiger partial charge in [-0.15, -0.1) is 11.3 Å². The Labute approximate surface area is 158 Å². The monoisotopic (exact) mass is 374 g/mol. The van der Waals surface area contributed by atoms with Crippen molar-refractivity contribution in [2.24, 2.45) is 5.92 Å². The zero-order chi connectivity index (χ0) is 18.4. The van der Waals surface area contributed by atoms with Crippen LogP contribution in [0.1, 0.15) is 5.01 Å². The molecule has 2 heterocycles. The minimum absolute atomic E-state index is 0.0456. The Bertz CT molecular complexity index is 705. The predicted octanol–water partition coefficient (Wildman–Crippen LogP) is 2.53. The van der Waals surface area contributed by atoms with Gasteiger partial charge in [-0.3, -0.25) is 0 Å². The smallest absolute Gasteiger partial charge is 0.317 e. The van der Waals surface area contributed by atoms with Gasteiger partial charge < -0.3 is 19.9 Å². The molecule has 1 fully saturated rings. The molecular formula is C19H26N4O2S. The summed E-state index contributed by atoms with van der Waals surface area (Å²) < 4.78 is 5.64. The molecule has 140 valence electrons. The maximum absolute atomic E-state index is 12.6. The van der Waals surface area contributed by atoms with E-state index in [4.69, 9.17) is 4.74 Å². The summed E-state index contributed by atoms with van der Waals surface area (Å²) in [7, 11) is 4.09. The Morgan fingerprint density at radius 1 is 1.38 bits per heavy atom. The van der Waals surface area contributed by atoms with E-state index < -0.39 is 0 Å². The van der Waals surface area contributed by atoms with E-state index in [-0.39, 0.29) is 6.03 Å². The van der Waals surface area contributed by atoms with Crippen LogP contribution in [0.25, 0.3) is 11.3 Å². The van der Waals surface area contributed by atoms with Crippen molar-refractivity contribution < 1.29 is 9.53 Å². The van der Waals surface area contributed by atoms with E-state index in [1.807, 2.05) is 54.7 Å². The highest BCUT2D eigenvalue weighted by atomic mass is 32.1. The van der Waals surface area contributed by atoms with Gasteiger partial charge in [0.25, 0.3) is 0 Å². The van der Waals surface area contributed by atoms with Gasteiger partial charge in [0.1, 0.15) is 5.01 Å². The van der Waals surface area contributed by atoms with Crippen LogP contribution in [0.15, 0.2) is 35.7 Å². The largest absolute Gasteiger partial charge is 0.379 e. The van der Waals surface area contributed by atoms with E-state index >= 15 is 0 Å². The molecule has 1 atom stereocenters. The summed E-state index contributed by atoms with van der Waals surface area (Å²) >= 11 is 1.57. The number of benzene rings is 1. The first-order chi connectivity index (χ1) is 12.6. The molecule has 2 aromatic rings. The molecule has 3 rings (SSSR count). The Morgan fingerprint density at radius 2 is 2.19 bits per heavy atom. The molecule has 26 heavy (non-hydrogen) atoms. The maximum atomic E-state index is 12.6. The van der Waals surface area contributed by atoms with Crippen molar-refractivity contribution in [2.75, 3.05) is 46.9 Å². The lowest BCUT2D eigenvalue weighted by atomic mass is 10.1. The fourth-order valence-electron chi connectivity index (χ4n) is 3.09.